The van der Waals surface area contributed by atoms with Gasteiger partial charge in [-0.1, -0.05) is 81.7 Å². The number of nitrogens with zero attached hydrogens (tertiary/aromatic N) is 1. The molecule has 0 bridgehead atoms. The molecule has 6 nitrogen and oxygen atoms in total. The number of unbranched alkanes of at least 4 members (excludes halogenated alkanes) is 8. The van der Waals surface area contributed by atoms with Crippen LogP contribution < -0.4 is 11.1 Å². The van der Waals surface area contributed by atoms with E-state index in [-0.39, 0.29) is 17.8 Å². The number of amidine groups is 1. The molecule has 0 aromatic heterocycles. The molecule has 158 valence electrons. The Balaban J connectivity index is 1.54. The average Bonchev–Trinajstić information content (AvgIpc) is 3.49. The van der Waals surface area contributed by atoms with Crippen molar-refractivity contribution >= 4 is 11.7 Å². The first kappa shape index (κ1) is 22.5. The fraction of sp³-hybridized carbons (Fsp3) is 0.727. The van der Waals surface area contributed by atoms with Crippen molar-refractivity contribution in [2.24, 2.45) is 10.9 Å². The van der Waals surface area contributed by atoms with Crippen LogP contribution in [0, 0.1) is 0 Å². The lowest BCUT2D eigenvalue weighted by atomic mass is 10.0. The van der Waals surface area contributed by atoms with Crippen LogP contribution in [0.1, 0.15) is 84.0 Å². The Morgan fingerprint density at radius 1 is 1.21 bits per heavy atom. The van der Waals surface area contributed by atoms with E-state index < -0.39 is 5.54 Å². The Bertz CT molecular complexity index is 580. The summed E-state index contributed by atoms with van der Waals surface area (Å²) in [5.74, 6) is -0.110. The van der Waals surface area contributed by atoms with Crippen LogP contribution in [-0.2, 0) is 9.53 Å². The minimum Gasteiger partial charge on any atom is -0.409 e. The number of rotatable bonds is 14. The van der Waals surface area contributed by atoms with E-state index in [1.54, 1.807) is 0 Å². The molecule has 0 aromatic carbocycles. The summed E-state index contributed by atoms with van der Waals surface area (Å²) in [6.45, 7) is 3.02. The van der Waals surface area contributed by atoms with Gasteiger partial charge in [-0.25, -0.2) is 0 Å². The molecule has 0 heterocycles. The van der Waals surface area contributed by atoms with Gasteiger partial charge in [-0.15, -0.1) is 0 Å². The number of carbonyl (C=O) groups is 1. The summed E-state index contributed by atoms with van der Waals surface area (Å²) < 4.78 is 5.90. The first-order valence-corrected chi connectivity index (χ1v) is 10.9. The number of hydrogen-bond donors (Lipinski definition) is 3. The summed E-state index contributed by atoms with van der Waals surface area (Å²) in [7, 11) is 0. The Labute approximate surface area is 169 Å². The third-order valence-corrected chi connectivity index (χ3v) is 5.60. The largest absolute Gasteiger partial charge is 0.409 e. The van der Waals surface area contributed by atoms with E-state index in [9.17, 15) is 4.79 Å². The highest BCUT2D eigenvalue weighted by Crippen LogP contribution is 2.36. The molecular weight excluding hydrogens is 354 g/mol. The third kappa shape index (κ3) is 7.30. The van der Waals surface area contributed by atoms with Crippen LogP contribution in [0.15, 0.2) is 29.0 Å². The Morgan fingerprint density at radius 3 is 2.39 bits per heavy atom. The standard InChI is InChI=1S/C22H37N3O3/c1-2-3-4-5-6-7-8-9-10-17-28-19-13-11-18(12-14-19)20(26)24-22(15-16-22)21(23)25-27/h11-13,19,27H,2-10,14-17H2,1H3,(H2,23,25)(H,24,26). The van der Waals surface area contributed by atoms with Crippen molar-refractivity contribution in [1.82, 2.24) is 5.32 Å². The zero-order valence-electron chi connectivity index (χ0n) is 17.3. The van der Waals surface area contributed by atoms with Gasteiger partial charge in [-0.2, -0.15) is 0 Å². The Morgan fingerprint density at radius 2 is 1.86 bits per heavy atom. The van der Waals surface area contributed by atoms with Gasteiger partial charge in [-0.3, -0.25) is 4.79 Å². The van der Waals surface area contributed by atoms with Crippen molar-refractivity contribution in [2.75, 3.05) is 6.61 Å². The van der Waals surface area contributed by atoms with Crippen LogP contribution >= 0.6 is 0 Å². The lowest BCUT2D eigenvalue weighted by molar-refractivity contribution is -0.117. The van der Waals surface area contributed by atoms with Gasteiger partial charge in [0.1, 0.15) is 5.54 Å². The van der Waals surface area contributed by atoms with Crippen LogP contribution in [-0.4, -0.2) is 35.2 Å². The van der Waals surface area contributed by atoms with E-state index in [4.69, 9.17) is 15.7 Å². The van der Waals surface area contributed by atoms with Crippen molar-refractivity contribution in [3.05, 3.63) is 23.8 Å². The molecule has 0 saturated heterocycles. The highest BCUT2D eigenvalue weighted by Gasteiger charge is 2.48. The molecule has 0 spiro atoms. The van der Waals surface area contributed by atoms with Crippen molar-refractivity contribution in [2.45, 2.75) is 95.6 Å². The first-order valence-electron chi connectivity index (χ1n) is 10.9. The molecule has 2 aliphatic carbocycles. The summed E-state index contributed by atoms with van der Waals surface area (Å²) in [6.07, 6.45) is 19.6. The van der Waals surface area contributed by atoms with Gasteiger partial charge in [0.05, 0.1) is 6.10 Å². The molecule has 1 atom stereocenters. The predicted octanol–water partition coefficient (Wildman–Crippen LogP) is 4.18. The molecule has 28 heavy (non-hydrogen) atoms. The molecule has 6 heteroatoms. The SMILES string of the molecule is CCCCCCCCCCCOC1C=CC(C(=O)NC2(/C(N)=N/O)CC2)=CC1. The van der Waals surface area contributed by atoms with Crippen LogP contribution in [0.4, 0.5) is 0 Å². The fourth-order valence-electron chi connectivity index (χ4n) is 3.50. The molecule has 0 aliphatic heterocycles. The van der Waals surface area contributed by atoms with Gasteiger partial charge >= 0.3 is 0 Å². The fourth-order valence-corrected chi connectivity index (χ4v) is 3.50. The topological polar surface area (TPSA) is 96.9 Å². The lowest BCUT2D eigenvalue weighted by Crippen LogP contribution is -2.47. The highest BCUT2D eigenvalue weighted by molar-refractivity contribution is 6.02. The van der Waals surface area contributed by atoms with Crippen molar-refractivity contribution < 1.29 is 14.7 Å². The molecule has 4 N–H and O–H groups in total. The summed E-state index contributed by atoms with van der Waals surface area (Å²) in [5.41, 5.74) is 5.61. The second kappa shape index (κ2) is 11.9. The van der Waals surface area contributed by atoms with Crippen molar-refractivity contribution in [3.63, 3.8) is 0 Å². The van der Waals surface area contributed by atoms with E-state index in [1.807, 2.05) is 18.2 Å². The number of amides is 1. The minimum absolute atomic E-state index is 0.0459. The summed E-state index contributed by atoms with van der Waals surface area (Å²) in [4.78, 5) is 12.4. The molecule has 0 radical (unpaired) electrons. The maximum absolute atomic E-state index is 12.4. The first-order chi connectivity index (χ1) is 13.6. The van der Waals surface area contributed by atoms with E-state index in [2.05, 4.69) is 17.4 Å². The quantitative estimate of drug-likeness (QED) is 0.136. The van der Waals surface area contributed by atoms with E-state index in [0.717, 1.165) is 13.0 Å². The number of oxime groups is 1. The molecule has 0 aromatic rings. The molecule has 1 saturated carbocycles. The summed E-state index contributed by atoms with van der Waals surface area (Å²) in [6, 6.07) is 0. The molecule has 1 unspecified atom stereocenters. The predicted molar refractivity (Wildman–Crippen MR) is 112 cm³/mol. The van der Waals surface area contributed by atoms with Crippen LogP contribution in [0.5, 0.6) is 0 Å². The van der Waals surface area contributed by atoms with Gasteiger partial charge in [0, 0.05) is 12.2 Å². The maximum atomic E-state index is 12.4. The summed E-state index contributed by atoms with van der Waals surface area (Å²) in [5, 5.41) is 14.7. The second-order valence-electron chi connectivity index (χ2n) is 8.01. The zero-order chi connectivity index (χ0) is 20.2. The smallest absolute Gasteiger partial charge is 0.251 e. The Hall–Kier alpha value is -1.82. The number of hydrogen-bond acceptors (Lipinski definition) is 4. The lowest BCUT2D eigenvalue weighted by Gasteiger charge is -2.19. The van der Waals surface area contributed by atoms with E-state index in [0.29, 0.717) is 24.8 Å². The van der Waals surface area contributed by atoms with Crippen LogP contribution in [0.25, 0.3) is 0 Å². The van der Waals surface area contributed by atoms with E-state index >= 15 is 0 Å². The Kier molecular flexibility index (Phi) is 9.55. The zero-order valence-corrected chi connectivity index (χ0v) is 17.3. The minimum atomic E-state index is -0.663. The maximum Gasteiger partial charge on any atom is 0.251 e. The molecule has 1 fully saturated rings. The van der Waals surface area contributed by atoms with Crippen molar-refractivity contribution in [1.29, 1.82) is 0 Å². The van der Waals surface area contributed by atoms with E-state index in [1.165, 1.54) is 51.4 Å². The van der Waals surface area contributed by atoms with Gasteiger partial charge in [0.25, 0.3) is 5.91 Å². The monoisotopic (exact) mass is 391 g/mol. The van der Waals surface area contributed by atoms with Crippen molar-refractivity contribution in [3.8, 4) is 0 Å². The van der Waals surface area contributed by atoms with Crippen LogP contribution in [0.2, 0.25) is 0 Å². The van der Waals surface area contributed by atoms with Gasteiger partial charge < -0.3 is 21.0 Å². The normalized spacial score (nSPS) is 20.7. The molecule has 2 aliphatic rings. The summed E-state index contributed by atoms with van der Waals surface area (Å²) >= 11 is 0. The number of ether oxygens (including phenoxy) is 1. The van der Waals surface area contributed by atoms with Gasteiger partial charge in [0.2, 0.25) is 0 Å². The number of nitrogens with two attached hydrogens (primary N) is 1. The number of nitrogens with one attached hydrogen (secondary N) is 1. The average molecular weight is 392 g/mol. The molecule has 2 rings (SSSR count). The number of carbonyl (C=O) groups excluding carboxylic acids is 1. The molecular formula is C22H37N3O3. The second-order valence-corrected chi connectivity index (χ2v) is 8.01. The third-order valence-electron chi connectivity index (χ3n) is 5.60. The van der Waals surface area contributed by atoms with Gasteiger partial charge in [0.15, 0.2) is 5.84 Å². The highest BCUT2D eigenvalue weighted by atomic mass is 16.5. The van der Waals surface area contributed by atoms with Crippen LogP contribution in [0.3, 0.4) is 0 Å². The van der Waals surface area contributed by atoms with Gasteiger partial charge in [-0.05, 0) is 25.7 Å². The molecule has 1 amide bonds.